The Morgan fingerprint density at radius 3 is 2.71 bits per heavy atom. The van der Waals surface area contributed by atoms with Gasteiger partial charge in [-0.3, -0.25) is 4.79 Å². The number of hydrogen-bond acceptors (Lipinski definition) is 2. The molecule has 14 heavy (non-hydrogen) atoms. The van der Waals surface area contributed by atoms with Crippen LogP contribution in [-0.2, 0) is 0 Å². The van der Waals surface area contributed by atoms with Gasteiger partial charge in [-0.05, 0) is 38.3 Å². The number of benzene rings is 1. The molecule has 1 saturated carbocycles. The molecule has 0 saturated heterocycles. The van der Waals surface area contributed by atoms with Crippen LogP contribution >= 0.6 is 0 Å². The molecule has 1 aliphatic rings. The van der Waals surface area contributed by atoms with Crippen molar-refractivity contribution >= 4 is 5.78 Å². The van der Waals surface area contributed by atoms with E-state index in [0.29, 0.717) is 6.10 Å². The van der Waals surface area contributed by atoms with Gasteiger partial charge in [-0.1, -0.05) is 12.1 Å². The van der Waals surface area contributed by atoms with Crippen molar-refractivity contribution < 1.29 is 9.53 Å². The van der Waals surface area contributed by atoms with Crippen molar-refractivity contribution in [2.75, 3.05) is 0 Å². The summed E-state index contributed by atoms with van der Waals surface area (Å²) in [5.74, 6) is 0.950. The lowest BCUT2D eigenvalue weighted by atomic mass is 10.1. The maximum absolute atomic E-state index is 11.2. The van der Waals surface area contributed by atoms with Crippen molar-refractivity contribution in [3.8, 4) is 5.75 Å². The van der Waals surface area contributed by atoms with Crippen LogP contribution in [0.25, 0.3) is 0 Å². The Labute approximate surface area is 83.9 Å². The van der Waals surface area contributed by atoms with E-state index in [0.717, 1.165) is 29.7 Å². The summed E-state index contributed by atoms with van der Waals surface area (Å²) in [5, 5.41) is 0. The molecule has 0 atom stereocenters. The van der Waals surface area contributed by atoms with E-state index >= 15 is 0 Å². The third-order valence-corrected chi connectivity index (χ3v) is 2.41. The summed E-state index contributed by atoms with van der Waals surface area (Å²) in [6, 6.07) is 5.63. The first-order chi connectivity index (χ1) is 6.66. The van der Waals surface area contributed by atoms with Gasteiger partial charge in [-0.15, -0.1) is 0 Å². The van der Waals surface area contributed by atoms with Crippen LogP contribution in [0, 0.1) is 6.92 Å². The van der Waals surface area contributed by atoms with Crippen molar-refractivity contribution in [1.82, 2.24) is 0 Å². The Kier molecular flexibility index (Phi) is 2.28. The molecule has 1 aliphatic carbocycles. The minimum Gasteiger partial charge on any atom is -0.490 e. The molecule has 0 N–H and O–H groups in total. The van der Waals surface area contributed by atoms with Crippen LogP contribution in [0.15, 0.2) is 18.2 Å². The van der Waals surface area contributed by atoms with E-state index in [1.807, 2.05) is 25.1 Å². The molecule has 0 bridgehead atoms. The van der Waals surface area contributed by atoms with E-state index in [4.69, 9.17) is 4.74 Å². The molecule has 0 heterocycles. The SMILES string of the molecule is CC(=O)c1ccc(C)c(OC2CC2)c1. The van der Waals surface area contributed by atoms with E-state index in [1.165, 1.54) is 0 Å². The zero-order valence-electron chi connectivity index (χ0n) is 8.54. The molecule has 0 radical (unpaired) electrons. The zero-order chi connectivity index (χ0) is 10.1. The van der Waals surface area contributed by atoms with Gasteiger partial charge in [-0.2, -0.15) is 0 Å². The highest BCUT2D eigenvalue weighted by molar-refractivity contribution is 5.94. The Bertz CT molecular complexity index is 365. The molecule has 1 aromatic rings. The number of hydrogen-bond donors (Lipinski definition) is 0. The van der Waals surface area contributed by atoms with Crippen LogP contribution < -0.4 is 4.74 Å². The Morgan fingerprint density at radius 2 is 2.14 bits per heavy atom. The lowest BCUT2D eigenvalue weighted by Gasteiger charge is -2.08. The van der Waals surface area contributed by atoms with Crippen molar-refractivity contribution in [2.24, 2.45) is 0 Å². The first-order valence-electron chi connectivity index (χ1n) is 4.95. The van der Waals surface area contributed by atoms with Gasteiger partial charge < -0.3 is 4.74 Å². The molecule has 2 nitrogen and oxygen atoms in total. The molecule has 2 rings (SSSR count). The number of rotatable bonds is 3. The maximum atomic E-state index is 11.2. The fraction of sp³-hybridized carbons (Fsp3) is 0.417. The number of ketones is 1. The molecule has 1 fully saturated rings. The van der Waals surface area contributed by atoms with Crippen molar-refractivity contribution in [1.29, 1.82) is 0 Å². The number of Topliss-reactive ketones (excluding diaryl/α,β-unsaturated/α-hetero) is 1. The van der Waals surface area contributed by atoms with Gasteiger partial charge in [0, 0.05) is 5.56 Å². The molecule has 0 aliphatic heterocycles. The van der Waals surface area contributed by atoms with Gasteiger partial charge in [0.2, 0.25) is 0 Å². The summed E-state index contributed by atoms with van der Waals surface area (Å²) in [4.78, 5) is 11.2. The highest BCUT2D eigenvalue weighted by Crippen LogP contribution is 2.29. The highest BCUT2D eigenvalue weighted by Gasteiger charge is 2.24. The van der Waals surface area contributed by atoms with E-state index in [1.54, 1.807) is 6.92 Å². The Hall–Kier alpha value is -1.31. The minimum atomic E-state index is 0.0886. The predicted molar refractivity (Wildman–Crippen MR) is 54.8 cm³/mol. The zero-order valence-corrected chi connectivity index (χ0v) is 8.54. The van der Waals surface area contributed by atoms with E-state index < -0.39 is 0 Å². The lowest BCUT2D eigenvalue weighted by Crippen LogP contribution is -2.00. The number of carbonyl (C=O) groups excluding carboxylic acids is 1. The van der Waals surface area contributed by atoms with Crippen LogP contribution in [0.5, 0.6) is 5.75 Å². The lowest BCUT2D eigenvalue weighted by molar-refractivity contribution is 0.101. The first kappa shape index (κ1) is 9.25. The van der Waals surface area contributed by atoms with Gasteiger partial charge in [0.25, 0.3) is 0 Å². The minimum absolute atomic E-state index is 0.0886. The fourth-order valence-electron chi connectivity index (χ4n) is 1.31. The van der Waals surface area contributed by atoms with Crippen molar-refractivity contribution in [3.05, 3.63) is 29.3 Å². The summed E-state index contributed by atoms with van der Waals surface area (Å²) in [6.07, 6.45) is 2.67. The van der Waals surface area contributed by atoms with Gasteiger partial charge in [-0.25, -0.2) is 0 Å². The third-order valence-electron chi connectivity index (χ3n) is 2.41. The standard InChI is InChI=1S/C12H14O2/c1-8-3-4-10(9(2)13)7-12(8)14-11-5-6-11/h3-4,7,11H,5-6H2,1-2H3. The monoisotopic (exact) mass is 190 g/mol. The summed E-state index contributed by atoms with van der Waals surface area (Å²) in [6.45, 7) is 3.58. The van der Waals surface area contributed by atoms with Gasteiger partial charge in [0.05, 0.1) is 6.10 Å². The molecule has 0 amide bonds. The van der Waals surface area contributed by atoms with Crippen molar-refractivity contribution in [3.63, 3.8) is 0 Å². The smallest absolute Gasteiger partial charge is 0.159 e. The summed E-state index contributed by atoms with van der Waals surface area (Å²) >= 11 is 0. The van der Waals surface area contributed by atoms with Gasteiger partial charge >= 0.3 is 0 Å². The molecular formula is C12H14O2. The normalized spacial score (nSPS) is 15.3. The summed E-state index contributed by atoms with van der Waals surface area (Å²) < 4.78 is 5.69. The second kappa shape index (κ2) is 3.45. The number of ether oxygens (including phenoxy) is 1. The van der Waals surface area contributed by atoms with E-state index in [-0.39, 0.29) is 5.78 Å². The van der Waals surface area contributed by atoms with Crippen LogP contribution in [0.4, 0.5) is 0 Å². The molecule has 0 aromatic heterocycles. The average molecular weight is 190 g/mol. The largest absolute Gasteiger partial charge is 0.490 e. The maximum Gasteiger partial charge on any atom is 0.159 e. The van der Waals surface area contributed by atoms with Crippen LogP contribution in [0.1, 0.15) is 35.7 Å². The topological polar surface area (TPSA) is 26.3 Å². The number of aryl methyl sites for hydroxylation is 1. The first-order valence-corrected chi connectivity index (χ1v) is 4.95. The molecule has 0 spiro atoms. The molecule has 74 valence electrons. The predicted octanol–water partition coefficient (Wildman–Crippen LogP) is 2.74. The van der Waals surface area contributed by atoms with Gasteiger partial charge in [0.15, 0.2) is 5.78 Å². The quantitative estimate of drug-likeness (QED) is 0.685. The molecule has 2 heteroatoms. The Morgan fingerprint density at radius 1 is 1.43 bits per heavy atom. The second-order valence-corrected chi connectivity index (χ2v) is 3.85. The second-order valence-electron chi connectivity index (χ2n) is 3.85. The van der Waals surface area contributed by atoms with E-state index in [2.05, 4.69) is 0 Å². The van der Waals surface area contributed by atoms with Gasteiger partial charge in [0.1, 0.15) is 5.75 Å². The fourth-order valence-corrected chi connectivity index (χ4v) is 1.31. The Balaban J connectivity index is 2.26. The van der Waals surface area contributed by atoms with Crippen LogP contribution in [-0.4, -0.2) is 11.9 Å². The summed E-state index contributed by atoms with van der Waals surface area (Å²) in [7, 11) is 0. The third kappa shape index (κ3) is 1.95. The molecule has 0 unspecified atom stereocenters. The van der Waals surface area contributed by atoms with Crippen LogP contribution in [0.3, 0.4) is 0 Å². The number of carbonyl (C=O) groups is 1. The van der Waals surface area contributed by atoms with Crippen molar-refractivity contribution in [2.45, 2.75) is 32.8 Å². The average Bonchev–Trinajstić information content (AvgIpc) is 2.92. The van der Waals surface area contributed by atoms with E-state index in [9.17, 15) is 4.79 Å². The summed E-state index contributed by atoms with van der Waals surface area (Å²) in [5.41, 5.74) is 1.83. The van der Waals surface area contributed by atoms with Crippen LogP contribution in [0.2, 0.25) is 0 Å². The molecular weight excluding hydrogens is 176 g/mol. The highest BCUT2D eigenvalue weighted by atomic mass is 16.5. The molecule has 1 aromatic carbocycles.